The number of nitrogens with one attached hydrogen (secondary N) is 1. The fourth-order valence-electron chi connectivity index (χ4n) is 3.19. The summed E-state index contributed by atoms with van der Waals surface area (Å²) in [4.78, 5) is 12.6. The van der Waals surface area contributed by atoms with Gasteiger partial charge in [-0.25, -0.2) is 4.39 Å². The number of aliphatic hydroxyl groups is 1. The molecule has 3 rings (SSSR count). The van der Waals surface area contributed by atoms with Crippen molar-refractivity contribution in [2.75, 3.05) is 7.11 Å². The largest absolute Gasteiger partial charge is 0.393 e. The van der Waals surface area contributed by atoms with Gasteiger partial charge in [0, 0.05) is 12.7 Å². The maximum absolute atomic E-state index is 13.2. The quantitative estimate of drug-likeness (QED) is 0.847. The third kappa shape index (κ3) is 4.24. The van der Waals surface area contributed by atoms with E-state index in [1.165, 1.54) is 12.1 Å². The molecule has 4 nitrogen and oxygen atoms in total. The predicted molar refractivity (Wildman–Crippen MR) is 92.5 cm³/mol. The van der Waals surface area contributed by atoms with E-state index in [0.29, 0.717) is 25.0 Å². The molecule has 1 atom stereocenters. The standard InChI is InChI=1S/C20H22FNO3/c1-25-12-13-2-4-15(5-3-13)20(24)22-19(16-10-18(23)11-16)14-6-8-17(21)9-7-14/h2-9,16,18-19,23H,10-12H2,1H3,(H,22,24). The lowest BCUT2D eigenvalue weighted by Gasteiger charge is -2.38. The zero-order valence-corrected chi connectivity index (χ0v) is 14.1. The summed E-state index contributed by atoms with van der Waals surface area (Å²) in [7, 11) is 1.63. The van der Waals surface area contributed by atoms with Gasteiger partial charge < -0.3 is 15.2 Å². The molecule has 0 heterocycles. The smallest absolute Gasteiger partial charge is 0.251 e. The van der Waals surface area contributed by atoms with Crippen molar-refractivity contribution in [3.63, 3.8) is 0 Å². The van der Waals surface area contributed by atoms with Gasteiger partial charge in [-0.05, 0) is 54.2 Å². The number of carbonyl (C=O) groups excluding carboxylic acids is 1. The average molecular weight is 343 g/mol. The number of hydrogen-bond acceptors (Lipinski definition) is 3. The second kappa shape index (κ2) is 7.76. The van der Waals surface area contributed by atoms with Crippen molar-refractivity contribution in [1.82, 2.24) is 5.32 Å². The molecule has 0 spiro atoms. The number of methoxy groups -OCH3 is 1. The summed E-state index contributed by atoms with van der Waals surface area (Å²) in [6.45, 7) is 0.500. The number of hydrogen-bond donors (Lipinski definition) is 2. The van der Waals surface area contributed by atoms with Crippen LogP contribution in [0.1, 0.15) is 40.4 Å². The first-order chi connectivity index (χ1) is 12.1. The first-order valence-electron chi connectivity index (χ1n) is 8.39. The molecule has 1 aliphatic carbocycles. The maximum atomic E-state index is 13.2. The summed E-state index contributed by atoms with van der Waals surface area (Å²) in [5, 5.41) is 12.6. The van der Waals surface area contributed by atoms with Crippen molar-refractivity contribution in [1.29, 1.82) is 0 Å². The lowest BCUT2D eigenvalue weighted by atomic mass is 9.75. The molecule has 2 aromatic carbocycles. The lowest BCUT2D eigenvalue weighted by molar-refractivity contribution is 0.0235. The van der Waals surface area contributed by atoms with Gasteiger partial charge in [-0.3, -0.25) is 4.79 Å². The van der Waals surface area contributed by atoms with Gasteiger partial charge in [0.15, 0.2) is 0 Å². The Kier molecular flexibility index (Phi) is 5.46. The molecular weight excluding hydrogens is 321 g/mol. The lowest BCUT2D eigenvalue weighted by Crippen LogP contribution is -2.41. The van der Waals surface area contributed by atoms with Gasteiger partial charge in [0.25, 0.3) is 5.91 Å². The van der Waals surface area contributed by atoms with E-state index in [2.05, 4.69) is 5.32 Å². The van der Waals surface area contributed by atoms with Crippen LogP contribution < -0.4 is 5.32 Å². The van der Waals surface area contributed by atoms with Crippen LogP contribution in [0.5, 0.6) is 0 Å². The van der Waals surface area contributed by atoms with E-state index in [9.17, 15) is 14.3 Å². The summed E-state index contributed by atoms with van der Waals surface area (Å²) in [5.41, 5.74) is 2.41. The summed E-state index contributed by atoms with van der Waals surface area (Å²) in [5.74, 6) is -0.340. The highest BCUT2D eigenvalue weighted by molar-refractivity contribution is 5.94. The second-order valence-corrected chi connectivity index (χ2v) is 6.52. The van der Waals surface area contributed by atoms with Crippen molar-refractivity contribution in [2.24, 2.45) is 5.92 Å². The molecule has 1 fully saturated rings. The predicted octanol–water partition coefficient (Wildman–Crippen LogP) is 3.21. The summed E-state index contributed by atoms with van der Waals surface area (Å²) >= 11 is 0. The fourth-order valence-corrected chi connectivity index (χ4v) is 3.19. The van der Waals surface area contributed by atoms with E-state index in [0.717, 1.165) is 11.1 Å². The minimum atomic E-state index is -0.321. The first-order valence-corrected chi connectivity index (χ1v) is 8.39. The van der Waals surface area contributed by atoms with Gasteiger partial charge in [-0.2, -0.15) is 0 Å². The van der Waals surface area contributed by atoms with Crippen molar-refractivity contribution in [3.05, 3.63) is 71.0 Å². The Morgan fingerprint density at radius 2 is 1.84 bits per heavy atom. The monoisotopic (exact) mass is 343 g/mol. The Balaban J connectivity index is 1.75. The van der Waals surface area contributed by atoms with Crippen LogP contribution in [0.25, 0.3) is 0 Å². The highest BCUT2D eigenvalue weighted by atomic mass is 19.1. The number of carbonyl (C=O) groups is 1. The van der Waals surface area contributed by atoms with Gasteiger partial charge in [0.1, 0.15) is 5.82 Å². The van der Waals surface area contributed by atoms with Gasteiger partial charge >= 0.3 is 0 Å². The van der Waals surface area contributed by atoms with Crippen LogP contribution in [0.2, 0.25) is 0 Å². The molecule has 2 N–H and O–H groups in total. The zero-order valence-electron chi connectivity index (χ0n) is 14.1. The Morgan fingerprint density at radius 1 is 1.20 bits per heavy atom. The SMILES string of the molecule is COCc1ccc(C(=O)NC(c2ccc(F)cc2)C2CC(O)C2)cc1. The van der Waals surface area contributed by atoms with Crippen molar-refractivity contribution >= 4 is 5.91 Å². The third-order valence-electron chi connectivity index (χ3n) is 4.66. The Labute approximate surface area is 146 Å². The van der Waals surface area contributed by atoms with Crippen LogP contribution in [-0.2, 0) is 11.3 Å². The number of rotatable bonds is 6. The molecule has 1 amide bonds. The summed E-state index contributed by atoms with van der Waals surface area (Å²) in [6.07, 6.45) is 0.947. The normalized spacial score (nSPS) is 20.6. The Hall–Kier alpha value is -2.24. The fraction of sp³-hybridized carbons (Fsp3) is 0.350. The average Bonchev–Trinajstić information content (AvgIpc) is 2.59. The van der Waals surface area contributed by atoms with E-state index >= 15 is 0 Å². The number of halogens is 1. The minimum absolute atomic E-state index is 0.150. The molecule has 1 aliphatic rings. The molecule has 132 valence electrons. The maximum Gasteiger partial charge on any atom is 0.251 e. The van der Waals surface area contributed by atoms with Gasteiger partial charge in [0.05, 0.1) is 18.8 Å². The van der Waals surface area contributed by atoms with Crippen molar-refractivity contribution in [2.45, 2.75) is 31.6 Å². The first kappa shape index (κ1) is 17.6. The Bertz CT molecular complexity index is 709. The van der Waals surface area contributed by atoms with Crippen LogP contribution in [-0.4, -0.2) is 24.2 Å². The van der Waals surface area contributed by atoms with E-state index in [4.69, 9.17) is 4.74 Å². The topological polar surface area (TPSA) is 58.6 Å². The van der Waals surface area contributed by atoms with Gasteiger partial charge in [-0.15, -0.1) is 0 Å². The molecule has 0 bridgehead atoms. The molecule has 25 heavy (non-hydrogen) atoms. The molecule has 0 aliphatic heterocycles. The van der Waals surface area contributed by atoms with Crippen LogP contribution in [0.3, 0.4) is 0 Å². The number of benzene rings is 2. The highest BCUT2D eigenvalue weighted by Crippen LogP contribution is 2.38. The van der Waals surface area contributed by atoms with Gasteiger partial charge in [0.2, 0.25) is 0 Å². The molecule has 1 unspecified atom stereocenters. The van der Waals surface area contributed by atoms with Crippen LogP contribution in [0, 0.1) is 11.7 Å². The van der Waals surface area contributed by atoms with Gasteiger partial charge in [-0.1, -0.05) is 24.3 Å². The third-order valence-corrected chi connectivity index (χ3v) is 4.66. The van der Waals surface area contributed by atoms with Crippen LogP contribution >= 0.6 is 0 Å². The summed E-state index contributed by atoms with van der Waals surface area (Å²) < 4.78 is 18.3. The minimum Gasteiger partial charge on any atom is -0.393 e. The molecule has 2 aromatic rings. The van der Waals surface area contributed by atoms with E-state index in [1.807, 2.05) is 12.1 Å². The molecule has 5 heteroatoms. The van der Waals surface area contributed by atoms with Crippen LogP contribution in [0.15, 0.2) is 48.5 Å². The molecule has 0 aromatic heterocycles. The molecule has 1 saturated carbocycles. The molecular formula is C20H22FNO3. The second-order valence-electron chi connectivity index (χ2n) is 6.52. The number of amides is 1. The van der Waals surface area contributed by atoms with Crippen LogP contribution in [0.4, 0.5) is 4.39 Å². The van der Waals surface area contributed by atoms with Crippen molar-refractivity contribution in [3.8, 4) is 0 Å². The van der Waals surface area contributed by atoms with Crippen molar-refractivity contribution < 1.29 is 19.0 Å². The van der Waals surface area contributed by atoms with E-state index in [1.54, 1.807) is 31.4 Å². The zero-order chi connectivity index (χ0) is 17.8. The van der Waals surface area contributed by atoms with E-state index in [-0.39, 0.29) is 29.8 Å². The molecule has 0 radical (unpaired) electrons. The number of ether oxygens (including phenoxy) is 1. The number of aliphatic hydroxyl groups excluding tert-OH is 1. The summed E-state index contributed by atoms with van der Waals surface area (Å²) in [6, 6.07) is 13.2. The van der Waals surface area contributed by atoms with E-state index < -0.39 is 0 Å². The molecule has 0 saturated heterocycles. The highest BCUT2D eigenvalue weighted by Gasteiger charge is 2.35. The Morgan fingerprint density at radius 3 is 2.40 bits per heavy atom.